The van der Waals surface area contributed by atoms with Crippen LogP contribution in [0.1, 0.15) is 11.4 Å². The molecule has 0 bridgehead atoms. The van der Waals surface area contributed by atoms with E-state index in [1.165, 1.54) is 0 Å². The molecular weight excluding hydrogens is 324 g/mol. The van der Waals surface area contributed by atoms with Gasteiger partial charge in [0.15, 0.2) is 10.6 Å². The lowest BCUT2D eigenvalue weighted by molar-refractivity contribution is -0.118. The van der Waals surface area contributed by atoms with Crippen molar-refractivity contribution in [3.05, 3.63) is 45.0 Å². The summed E-state index contributed by atoms with van der Waals surface area (Å²) in [4.78, 5) is 12.2. The summed E-state index contributed by atoms with van der Waals surface area (Å²) >= 11 is 11.0. The smallest absolute Gasteiger partial charge is 0.251 e. The van der Waals surface area contributed by atoms with E-state index in [1.54, 1.807) is 35.9 Å². The number of fused-ring (bicyclic) bond motifs is 1. The Morgan fingerprint density at radius 3 is 3.14 bits per heavy atom. The molecular formula is C14H13ClN4O2S. The zero-order chi connectivity index (χ0) is 15.7. The fourth-order valence-corrected chi connectivity index (χ4v) is 2.42. The van der Waals surface area contributed by atoms with Gasteiger partial charge < -0.3 is 14.6 Å². The van der Waals surface area contributed by atoms with Gasteiger partial charge in [0.2, 0.25) is 0 Å². The number of H-pyrrole nitrogens is 1. The van der Waals surface area contributed by atoms with Gasteiger partial charge in [-0.3, -0.25) is 9.89 Å². The van der Waals surface area contributed by atoms with Crippen LogP contribution >= 0.6 is 23.8 Å². The van der Waals surface area contributed by atoms with Crippen LogP contribution in [0.3, 0.4) is 0 Å². The van der Waals surface area contributed by atoms with E-state index in [4.69, 9.17) is 28.6 Å². The normalized spacial score (nSPS) is 13.1. The van der Waals surface area contributed by atoms with E-state index in [0.29, 0.717) is 21.2 Å². The van der Waals surface area contributed by atoms with Crippen LogP contribution in [-0.2, 0) is 18.4 Å². The van der Waals surface area contributed by atoms with Crippen molar-refractivity contribution in [2.24, 2.45) is 7.05 Å². The summed E-state index contributed by atoms with van der Waals surface area (Å²) in [6.07, 6.45) is 1.78. The van der Waals surface area contributed by atoms with E-state index in [0.717, 1.165) is 11.3 Å². The molecule has 2 heterocycles. The number of amides is 1. The second-order valence-electron chi connectivity index (χ2n) is 4.83. The van der Waals surface area contributed by atoms with Crippen molar-refractivity contribution in [1.82, 2.24) is 20.1 Å². The average molecular weight is 337 g/mol. The molecule has 0 saturated carbocycles. The Balaban J connectivity index is 1.73. The first-order valence-electron chi connectivity index (χ1n) is 6.56. The summed E-state index contributed by atoms with van der Waals surface area (Å²) in [5, 5.41) is 10.1. The van der Waals surface area contributed by atoms with Crippen LogP contribution in [0, 0.1) is 4.77 Å². The van der Waals surface area contributed by atoms with Gasteiger partial charge in [-0.05, 0) is 36.5 Å². The Labute approximate surface area is 136 Å². The first-order valence-corrected chi connectivity index (χ1v) is 7.34. The molecule has 114 valence electrons. The zero-order valence-electron chi connectivity index (χ0n) is 11.7. The van der Waals surface area contributed by atoms with Crippen molar-refractivity contribution in [3.8, 4) is 5.75 Å². The summed E-state index contributed by atoms with van der Waals surface area (Å²) in [5.41, 5.74) is 1.33. The van der Waals surface area contributed by atoms with Crippen molar-refractivity contribution in [1.29, 1.82) is 0 Å². The second-order valence-corrected chi connectivity index (χ2v) is 5.65. The monoisotopic (exact) mass is 336 g/mol. The predicted molar refractivity (Wildman–Crippen MR) is 85.2 cm³/mol. The largest absolute Gasteiger partial charge is 0.488 e. The van der Waals surface area contributed by atoms with E-state index in [9.17, 15) is 4.79 Å². The van der Waals surface area contributed by atoms with Gasteiger partial charge in [-0.25, -0.2) is 0 Å². The van der Waals surface area contributed by atoms with E-state index >= 15 is 0 Å². The van der Waals surface area contributed by atoms with E-state index in [1.807, 2.05) is 0 Å². The molecule has 0 unspecified atom stereocenters. The Morgan fingerprint density at radius 1 is 1.59 bits per heavy atom. The molecule has 0 radical (unpaired) electrons. The second kappa shape index (κ2) is 5.94. The van der Waals surface area contributed by atoms with Crippen molar-refractivity contribution in [2.75, 3.05) is 6.61 Å². The van der Waals surface area contributed by atoms with Crippen molar-refractivity contribution in [3.63, 3.8) is 0 Å². The van der Waals surface area contributed by atoms with Crippen LogP contribution < -0.4 is 10.1 Å². The van der Waals surface area contributed by atoms with Crippen LogP contribution in [0.2, 0.25) is 5.02 Å². The SMILES string of the molecule is Cn1c(CNC(=O)C2=Cc3cc(Cl)ccc3OC2)n[nH]c1=S. The number of hydrogen-bond acceptors (Lipinski definition) is 4. The number of ether oxygens (including phenoxy) is 1. The zero-order valence-corrected chi connectivity index (χ0v) is 13.3. The molecule has 8 heteroatoms. The highest BCUT2D eigenvalue weighted by Gasteiger charge is 2.17. The van der Waals surface area contributed by atoms with Crippen LogP contribution in [0.25, 0.3) is 6.08 Å². The number of rotatable bonds is 3. The quantitative estimate of drug-likeness (QED) is 0.843. The molecule has 1 aromatic heterocycles. The van der Waals surface area contributed by atoms with Crippen LogP contribution in [0.4, 0.5) is 0 Å². The summed E-state index contributed by atoms with van der Waals surface area (Å²) < 4.78 is 7.77. The minimum atomic E-state index is -0.209. The number of aromatic amines is 1. The molecule has 0 spiro atoms. The molecule has 1 aliphatic heterocycles. The number of carbonyl (C=O) groups excluding carboxylic acids is 1. The highest BCUT2D eigenvalue weighted by molar-refractivity contribution is 7.71. The molecule has 0 saturated heterocycles. The van der Waals surface area contributed by atoms with Crippen LogP contribution in [-0.4, -0.2) is 27.3 Å². The number of aromatic nitrogens is 3. The fraction of sp³-hybridized carbons (Fsp3) is 0.214. The molecule has 0 fully saturated rings. The lowest BCUT2D eigenvalue weighted by Gasteiger charge is -2.17. The first-order chi connectivity index (χ1) is 10.5. The van der Waals surface area contributed by atoms with Gasteiger partial charge in [0.25, 0.3) is 5.91 Å². The lowest BCUT2D eigenvalue weighted by atomic mass is 10.1. The molecule has 1 aliphatic rings. The first kappa shape index (κ1) is 14.8. The highest BCUT2D eigenvalue weighted by Crippen LogP contribution is 2.28. The van der Waals surface area contributed by atoms with E-state index in [2.05, 4.69) is 15.5 Å². The third-order valence-electron chi connectivity index (χ3n) is 3.36. The maximum Gasteiger partial charge on any atom is 0.251 e. The maximum absolute atomic E-state index is 12.2. The molecule has 1 amide bonds. The summed E-state index contributed by atoms with van der Waals surface area (Å²) in [5.74, 6) is 1.16. The van der Waals surface area contributed by atoms with Crippen molar-refractivity contribution < 1.29 is 9.53 Å². The molecule has 2 N–H and O–H groups in total. The van der Waals surface area contributed by atoms with Gasteiger partial charge in [0, 0.05) is 17.6 Å². The molecule has 1 aromatic carbocycles. The average Bonchev–Trinajstić information content (AvgIpc) is 2.83. The lowest BCUT2D eigenvalue weighted by Crippen LogP contribution is -2.29. The van der Waals surface area contributed by atoms with E-state index < -0.39 is 0 Å². The van der Waals surface area contributed by atoms with Gasteiger partial charge in [-0.2, -0.15) is 5.10 Å². The Kier molecular flexibility index (Phi) is 4.00. The number of carbonyl (C=O) groups is 1. The number of nitrogens with zero attached hydrogens (tertiary/aromatic N) is 2. The standard InChI is InChI=1S/C14H13ClN4O2S/c1-19-12(17-18-14(19)22)6-16-13(20)9-4-8-5-10(15)2-3-11(8)21-7-9/h2-5H,6-7H2,1H3,(H,16,20)(H,18,22). The Hall–Kier alpha value is -2.12. The number of hydrogen-bond donors (Lipinski definition) is 2. The van der Waals surface area contributed by atoms with Crippen molar-refractivity contribution in [2.45, 2.75) is 6.54 Å². The van der Waals surface area contributed by atoms with Gasteiger partial charge in [0.05, 0.1) is 12.1 Å². The number of nitrogens with one attached hydrogen (secondary N) is 2. The van der Waals surface area contributed by atoms with Crippen LogP contribution in [0.15, 0.2) is 23.8 Å². The predicted octanol–water partition coefficient (Wildman–Crippen LogP) is 2.22. The van der Waals surface area contributed by atoms with Gasteiger partial charge in [0.1, 0.15) is 12.4 Å². The Bertz CT molecular complexity index is 824. The Morgan fingerprint density at radius 2 is 2.41 bits per heavy atom. The minimum absolute atomic E-state index is 0.209. The molecule has 6 nitrogen and oxygen atoms in total. The third kappa shape index (κ3) is 2.90. The van der Waals surface area contributed by atoms with Gasteiger partial charge in [-0.15, -0.1) is 0 Å². The fourth-order valence-electron chi connectivity index (χ4n) is 2.09. The molecule has 2 aromatic rings. The van der Waals surface area contributed by atoms with Gasteiger partial charge >= 0.3 is 0 Å². The molecule has 22 heavy (non-hydrogen) atoms. The molecule has 3 rings (SSSR count). The van der Waals surface area contributed by atoms with E-state index in [-0.39, 0.29) is 19.1 Å². The van der Waals surface area contributed by atoms with Crippen molar-refractivity contribution >= 4 is 35.8 Å². The molecule has 0 aliphatic carbocycles. The third-order valence-corrected chi connectivity index (χ3v) is 3.96. The van der Waals surface area contributed by atoms with Crippen LogP contribution in [0.5, 0.6) is 5.75 Å². The van der Waals surface area contributed by atoms with Gasteiger partial charge in [-0.1, -0.05) is 11.6 Å². The summed E-state index contributed by atoms with van der Waals surface area (Å²) in [6, 6.07) is 5.31. The molecule has 0 atom stereocenters. The maximum atomic E-state index is 12.2. The summed E-state index contributed by atoms with van der Waals surface area (Å²) in [6.45, 7) is 0.502. The highest BCUT2D eigenvalue weighted by atomic mass is 35.5. The minimum Gasteiger partial charge on any atom is -0.488 e. The number of benzene rings is 1. The topological polar surface area (TPSA) is 71.9 Å². The number of halogens is 1. The summed E-state index contributed by atoms with van der Waals surface area (Å²) in [7, 11) is 1.79.